The summed E-state index contributed by atoms with van der Waals surface area (Å²) in [6.45, 7) is 0. The summed E-state index contributed by atoms with van der Waals surface area (Å²) in [6, 6.07) is 11.4. The van der Waals surface area contributed by atoms with Gasteiger partial charge in [-0.2, -0.15) is 0 Å². The Labute approximate surface area is 220 Å². The van der Waals surface area contributed by atoms with Crippen LogP contribution in [0.25, 0.3) is 0 Å². The Kier molecular flexibility index (Phi) is 7.61. The number of hydrogen-bond donors (Lipinski definition) is 1. The predicted octanol–water partition coefficient (Wildman–Crippen LogP) is 4.42. The third-order valence-electron chi connectivity index (χ3n) is 6.61. The number of likely N-dealkylation sites (N-methyl/N-ethyl adjacent to an activating group) is 1. The molecule has 0 aliphatic carbocycles. The number of rotatable bonds is 8. The number of carbonyl (C=O) groups excluding carboxylic acids is 2. The minimum atomic E-state index is -1.01. The van der Waals surface area contributed by atoms with E-state index in [1.165, 1.54) is 52.6 Å². The number of amides is 2. The van der Waals surface area contributed by atoms with Crippen molar-refractivity contribution >= 4 is 17.5 Å². The van der Waals surface area contributed by atoms with Gasteiger partial charge in [-0.15, -0.1) is 0 Å². The Morgan fingerprint density at radius 1 is 0.816 bits per heavy atom. The first kappa shape index (κ1) is 26.6. The molecule has 9 nitrogen and oxygen atoms in total. The van der Waals surface area contributed by atoms with Gasteiger partial charge >= 0.3 is 0 Å². The molecule has 0 unspecified atom stereocenters. The Bertz CT molecular complexity index is 1350. The molecule has 4 rings (SSSR count). The lowest BCUT2D eigenvalue weighted by Gasteiger charge is -2.40. The molecule has 1 aliphatic rings. The van der Waals surface area contributed by atoms with E-state index in [0.717, 1.165) is 0 Å². The van der Waals surface area contributed by atoms with Gasteiger partial charge < -0.3 is 33.9 Å². The quantitative estimate of drug-likeness (QED) is 0.466. The van der Waals surface area contributed by atoms with Crippen LogP contribution in [-0.2, 0) is 4.79 Å². The van der Waals surface area contributed by atoms with Crippen LogP contribution in [0.3, 0.4) is 0 Å². The summed E-state index contributed by atoms with van der Waals surface area (Å²) >= 11 is 0. The molecule has 1 aliphatic heterocycles. The van der Waals surface area contributed by atoms with Crippen molar-refractivity contribution in [3.63, 3.8) is 0 Å². The average Bonchev–Trinajstić information content (AvgIpc) is 2.93. The standard InChI is InChI=1S/C28H29FN2O7/c1-31-25(16-9-7-8-10-19(16)29)24(17-13-20(34-2)21(35-3)14-18(17)28(31)33)27(32)30-15-11-22(36-4)26(38-6)23(12-15)37-5/h7-14,24-25H,1-6H3,(H,30,32)/t24-,25+/m1/s1. The highest BCUT2D eigenvalue weighted by atomic mass is 19.1. The number of anilines is 1. The van der Waals surface area contributed by atoms with Crippen molar-refractivity contribution in [1.29, 1.82) is 0 Å². The molecule has 3 aromatic carbocycles. The topological polar surface area (TPSA) is 95.6 Å². The third kappa shape index (κ3) is 4.53. The zero-order valence-corrected chi connectivity index (χ0v) is 22.0. The average molecular weight is 525 g/mol. The smallest absolute Gasteiger partial charge is 0.254 e. The van der Waals surface area contributed by atoms with Crippen LogP contribution in [0.2, 0.25) is 0 Å². The molecule has 10 heteroatoms. The lowest BCUT2D eigenvalue weighted by Crippen LogP contribution is -2.44. The van der Waals surface area contributed by atoms with Crippen LogP contribution in [0.15, 0.2) is 48.5 Å². The van der Waals surface area contributed by atoms with E-state index >= 15 is 4.39 Å². The summed E-state index contributed by atoms with van der Waals surface area (Å²) in [5.41, 5.74) is 1.19. The Hall–Kier alpha value is -4.47. The highest BCUT2D eigenvalue weighted by molar-refractivity contribution is 6.05. The molecule has 2 atom stereocenters. The molecule has 200 valence electrons. The number of fused-ring (bicyclic) bond motifs is 1. The fourth-order valence-electron chi connectivity index (χ4n) is 4.81. The number of benzene rings is 3. The number of halogens is 1. The van der Waals surface area contributed by atoms with Gasteiger partial charge in [0.05, 0.1) is 47.5 Å². The molecule has 0 aromatic heterocycles. The molecule has 0 fully saturated rings. The van der Waals surface area contributed by atoms with Crippen LogP contribution in [0.1, 0.15) is 33.4 Å². The van der Waals surface area contributed by atoms with E-state index < -0.39 is 23.7 Å². The molecule has 1 heterocycles. The molecular formula is C28H29FN2O7. The number of nitrogens with one attached hydrogen (secondary N) is 1. The van der Waals surface area contributed by atoms with Crippen molar-refractivity contribution in [3.8, 4) is 28.7 Å². The van der Waals surface area contributed by atoms with Gasteiger partial charge in [-0.05, 0) is 23.8 Å². The first-order chi connectivity index (χ1) is 18.3. The summed E-state index contributed by atoms with van der Waals surface area (Å²) in [6.07, 6.45) is 0. The number of nitrogens with zero attached hydrogens (tertiary/aromatic N) is 1. The maximum atomic E-state index is 15.1. The second-order valence-corrected chi connectivity index (χ2v) is 8.56. The molecule has 2 amide bonds. The molecular weight excluding hydrogens is 495 g/mol. The molecule has 38 heavy (non-hydrogen) atoms. The van der Waals surface area contributed by atoms with E-state index in [-0.39, 0.29) is 17.0 Å². The lowest BCUT2D eigenvalue weighted by molar-refractivity contribution is -0.119. The zero-order valence-electron chi connectivity index (χ0n) is 22.0. The fourth-order valence-corrected chi connectivity index (χ4v) is 4.81. The van der Waals surface area contributed by atoms with Crippen molar-refractivity contribution < 1.29 is 37.7 Å². The summed E-state index contributed by atoms with van der Waals surface area (Å²) in [4.78, 5) is 28.9. The summed E-state index contributed by atoms with van der Waals surface area (Å²) in [5, 5.41) is 2.89. The van der Waals surface area contributed by atoms with Crippen LogP contribution < -0.4 is 29.0 Å². The highest BCUT2D eigenvalue weighted by Gasteiger charge is 2.44. The minimum Gasteiger partial charge on any atom is -0.493 e. The predicted molar refractivity (Wildman–Crippen MR) is 138 cm³/mol. The monoisotopic (exact) mass is 524 g/mol. The molecule has 0 bridgehead atoms. The van der Waals surface area contributed by atoms with Crippen molar-refractivity contribution in [2.24, 2.45) is 0 Å². The van der Waals surface area contributed by atoms with E-state index in [1.807, 2.05) is 0 Å². The summed E-state index contributed by atoms with van der Waals surface area (Å²) in [5.74, 6) is -0.697. The lowest BCUT2D eigenvalue weighted by atomic mass is 9.79. The minimum absolute atomic E-state index is 0.203. The van der Waals surface area contributed by atoms with Crippen molar-refractivity contribution in [1.82, 2.24) is 4.90 Å². The van der Waals surface area contributed by atoms with E-state index in [2.05, 4.69) is 5.32 Å². The van der Waals surface area contributed by atoms with Crippen molar-refractivity contribution in [2.45, 2.75) is 12.0 Å². The maximum absolute atomic E-state index is 15.1. The van der Waals surface area contributed by atoms with Crippen molar-refractivity contribution in [2.75, 3.05) is 47.9 Å². The third-order valence-corrected chi connectivity index (χ3v) is 6.61. The van der Waals surface area contributed by atoms with Crippen LogP contribution in [0.5, 0.6) is 28.7 Å². The van der Waals surface area contributed by atoms with Gasteiger partial charge in [-0.25, -0.2) is 4.39 Å². The van der Waals surface area contributed by atoms with Crippen molar-refractivity contribution in [3.05, 3.63) is 71.0 Å². The molecule has 0 saturated heterocycles. The van der Waals surface area contributed by atoms with Gasteiger partial charge in [0.15, 0.2) is 23.0 Å². The SMILES string of the molecule is COc1cc2c(cc1OC)[C@@H](C(=O)Nc1cc(OC)c(OC)c(OC)c1)[C@H](c1ccccc1F)N(C)C2=O. The second kappa shape index (κ2) is 10.9. The van der Waals surface area contributed by atoms with Gasteiger partial charge in [0.25, 0.3) is 5.91 Å². The molecule has 1 N–H and O–H groups in total. The normalized spacial score (nSPS) is 16.4. The first-order valence-electron chi connectivity index (χ1n) is 11.7. The maximum Gasteiger partial charge on any atom is 0.254 e. The molecule has 0 spiro atoms. The Balaban J connectivity index is 1.89. The second-order valence-electron chi connectivity index (χ2n) is 8.56. The summed E-state index contributed by atoms with van der Waals surface area (Å²) < 4.78 is 42.1. The number of methoxy groups -OCH3 is 5. The van der Waals surface area contributed by atoms with Crippen LogP contribution in [-0.4, -0.2) is 59.3 Å². The van der Waals surface area contributed by atoms with E-state index in [9.17, 15) is 9.59 Å². The summed E-state index contributed by atoms with van der Waals surface area (Å²) in [7, 11) is 8.87. The van der Waals surface area contributed by atoms with E-state index in [0.29, 0.717) is 40.0 Å². The largest absolute Gasteiger partial charge is 0.493 e. The van der Waals surface area contributed by atoms with Gasteiger partial charge in [0.1, 0.15) is 5.82 Å². The molecule has 3 aromatic rings. The number of hydrogen-bond acceptors (Lipinski definition) is 7. The fraction of sp³-hybridized carbons (Fsp3) is 0.286. The van der Waals surface area contributed by atoms with Gasteiger partial charge in [0.2, 0.25) is 11.7 Å². The Morgan fingerprint density at radius 3 is 1.95 bits per heavy atom. The van der Waals surface area contributed by atoms with E-state index in [1.54, 1.807) is 43.4 Å². The van der Waals surface area contributed by atoms with Gasteiger partial charge in [-0.1, -0.05) is 18.2 Å². The first-order valence-corrected chi connectivity index (χ1v) is 11.7. The van der Waals surface area contributed by atoms with Gasteiger partial charge in [-0.3, -0.25) is 9.59 Å². The molecule has 0 saturated carbocycles. The Morgan fingerprint density at radius 2 is 1.39 bits per heavy atom. The van der Waals surface area contributed by atoms with E-state index in [4.69, 9.17) is 23.7 Å². The zero-order chi connectivity index (χ0) is 27.6. The van der Waals surface area contributed by atoms with Crippen LogP contribution >= 0.6 is 0 Å². The number of ether oxygens (including phenoxy) is 5. The number of carbonyl (C=O) groups is 2. The molecule has 0 radical (unpaired) electrons. The van der Waals surface area contributed by atoms with Gasteiger partial charge in [0, 0.05) is 36.0 Å². The van der Waals surface area contributed by atoms with Crippen LogP contribution in [0.4, 0.5) is 10.1 Å². The highest BCUT2D eigenvalue weighted by Crippen LogP contribution is 2.47. The van der Waals surface area contributed by atoms with Crippen LogP contribution in [0, 0.1) is 5.82 Å².